The highest BCUT2D eigenvalue weighted by molar-refractivity contribution is 7.14. The molecule has 0 bridgehead atoms. The molecule has 1 saturated heterocycles. The van der Waals surface area contributed by atoms with Crippen LogP contribution in [0.25, 0.3) is 10.9 Å². The summed E-state index contributed by atoms with van der Waals surface area (Å²) in [5.41, 5.74) is 3.23. The molecule has 0 saturated carbocycles. The molecular weight excluding hydrogens is 332 g/mol. The number of hydrogen-bond acceptors (Lipinski definition) is 4. The Hall–Kier alpha value is -2.24. The topological polar surface area (TPSA) is 51.2 Å². The molecule has 1 N–H and O–H groups in total. The Bertz CT molecular complexity index is 913. The lowest BCUT2D eigenvalue weighted by Crippen LogP contribution is -2.22. The molecule has 1 aliphatic heterocycles. The van der Waals surface area contributed by atoms with Crippen molar-refractivity contribution in [3.8, 4) is 0 Å². The summed E-state index contributed by atoms with van der Waals surface area (Å²) in [6, 6.07) is 12.0. The van der Waals surface area contributed by atoms with Crippen LogP contribution in [0.15, 0.2) is 42.6 Å². The first-order valence-corrected chi connectivity index (χ1v) is 9.37. The molecule has 0 radical (unpaired) electrons. The maximum atomic E-state index is 12.5. The highest BCUT2D eigenvalue weighted by atomic mass is 32.1. The first-order chi connectivity index (χ1) is 12.2. The molecular formula is C20H20N2O2S. The maximum absolute atomic E-state index is 12.5. The fourth-order valence-corrected chi connectivity index (χ4v) is 4.27. The van der Waals surface area contributed by atoms with E-state index in [0.29, 0.717) is 6.54 Å². The van der Waals surface area contributed by atoms with Gasteiger partial charge in [-0.1, -0.05) is 12.1 Å². The van der Waals surface area contributed by atoms with Crippen LogP contribution < -0.4 is 5.32 Å². The molecule has 5 heteroatoms. The molecule has 1 atom stereocenters. The van der Waals surface area contributed by atoms with E-state index >= 15 is 0 Å². The molecule has 0 aliphatic carbocycles. The van der Waals surface area contributed by atoms with Crippen molar-refractivity contribution in [3.63, 3.8) is 0 Å². The minimum atomic E-state index is -0.0328. The Morgan fingerprint density at radius 2 is 2.24 bits per heavy atom. The molecule has 1 aliphatic rings. The zero-order valence-corrected chi connectivity index (χ0v) is 14.9. The SMILES string of the molecule is Cc1ccc2ncccc2c1CNC(=O)c1ccc([C@@H]2CCCO2)s1. The number of fused-ring (bicyclic) bond motifs is 1. The summed E-state index contributed by atoms with van der Waals surface area (Å²) in [6.07, 6.45) is 4.10. The van der Waals surface area contributed by atoms with E-state index in [1.165, 1.54) is 11.3 Å². The van der Waals surface area contributed by atoms with Gasteiger partial charge in [-0.25, -0.2) is 0 Å². The number of nitrogens with zero attached hydrogens (tertiary/aromatic N) is 1. The summed E-state index contributed by atoms with van der Waals surface area (Å²) in [7, 11) is 0. The summed E-state index contributed by atoms with van der Waals surface area (Å²) in [4.78, 5) is 18.8. The van der Waals surface area contributed by atoms with E-state index in [-0.39, 0.29) is 12.0 Å². The number of hydrogen-bond donors (Lipinski definition) is 1. The second-order valence-corrected chi connectivity index (χ2v) is 7.43. The first-order valence-electron chi connectivity index (χ1n) is 8.55. The minimum absolute atomic E-state index is 0.0328. The summed E-state index contributed by atoms with van der Waals surface area (Å²) in [6.45, 7) is 3.38. The number of pyridine rings is 1. The highest BCUT2D eigenvalue weighted by Crippen LogP contribution is 2.33. The van der Waals surface area contributed by atoms with Crippen molar-refractivity contribution in [2.45, 2.75) is 32.4 Å². The number of amides is 1. The molecule has 0 unspecified atom stereocenters. The van der Waals surface area contributed by atoms with Crippen LogP contribution in [0.1, 0.15) is 44.6 Å². The Morgan fingerprint density at radius 3 is 3.08 bits per heavy atom. The number of carbonyl (C=O) groups excluding carboxylic acids is 1. The molecule has 4 rings (SSSR count). The van der Waals surface area contributed by atoms with Crippen LogP contribution in [0.2, 0.25) is 0 Å². The van der Waals surface area contributed by atoms with Crippen molar-refractivity contribution in [1.82, 2.24) is 10.3 Å². The third-order valence-corrected chi connectivity index (χ3v) is 5.83. The largest absolute Gasteiger partial charge is 0.373 e. The van der Waals surface area contributed by atoms with Crippen LogP contribution in [0.3, 0.4) is 0 Å². The number of carbonyl (C=O) groups is 1. The van der Waals surface area contributed by atoms with E-state index < -0.39 is 0 Å². The summed E-state index contributed by atoms with van der Waals surface area (Å²) >= 11 is 1.53. The Labute approximate surface area is 150 Å². The van der Waals surface area contributed by atoms with Crippen LogP contribution >= 0.6 is 11.3 Å². The van der Waals surface area contributed by atoms with Gasteiger partial charge in [-0.05, 0) is 55.2 Å². The quantitative estimate of drug-likeness (QED) is 0.758. The molecule has 2 aromatic heterocycles. The normalized spacial score (nSPS) is 17.1. The van der Waals surface area contributed by atoms with E-state index in [4.69, 9.17) is 4.74 Å². The number of benzene rings is 1. The van der Waals surface area contributed by atoms with Crippen molar-refractivity contribution >= 4 is 28.1 Å². The van der Waals surface area contributed by atoms with Crippen molar-refractivity contribution in [3.05, 3.63) is 63.5 Å². The number of thiophene rings is 1. The van der Waals surface area contributed by atoms with Crippen molar-refractivity contribution in [1.29, 1.82) is 0 Å². The Kier molecular flexibility index (Phi) is 4.51. The Morgan fingerprint density at radius 1 is 1.32 bits per heavy atom. The van der Waals surface area contributed by atoms with E-state index in [0.717, 1.165) is 51.2 Å². The van der Waals surface area contributed by atoms with E-state index in [1.54, 1.807) is 6.20 Å². The first kappa shape index (κ1) is 16.2. The van der Waals surface area contributed by atoms with Gasteiger partial charge in [-0.2, -0.15) is 0 Å². The second kappa shape index (κ2) is 6.94. The molecule has 3 aromatic rings. The van der Waals surface area contributed by atoms with E-state index in [1.807, 2.05) is 24.3 Å². The van der Waals surface area contributed by atoms with Gasteiger partial charge >= 0.3 is 0 Å². The van der Waals surface area contributed by atoms with Gasteiger partial charge in [0, 0.05) is 29.6 Å². The average Bonchev–Trinajstić information content (AvgIpc) is 3.32. The lowest BCUT2D eigenvalue weighted by atomic mass is 10.0. The molecule has 1 amide bonds. The van der Waals surface area contributed by atoms with Crippen LogP contribution in [0.5, 0.6) is 0 Å². The average molecular weight is 352 g/mol. The van der Waals surface area contributed by atoms with Crippen molar-refractivity contribution in [2.24, 2.45) is 0 Å². The lowest BCUT2D eigenvalue weighted by molar-refractivity contribution is 0.0955. The molecule has 0 spiro atoms. The third-order valence-electron chi connectivity index (χ3n) is 4.65. The van der Waals surface area contributed by atoms with Crippen LogP contribution in [0.4, 0.5) is 0 Å². The number of rotatable bonds is 4. The summed E-state index contributed by atoms with van der Waals surface area (Å²) in [5, 5.41) is 4.15. The van der Waals surface area contributed by atoms with Gasteiger partial charge in [0.1, 0.15) is 0 Å². The zero-order valence-electron chi connectivity index (χ0n) is 14.1. The zero-order chi connectivity index (χ0) is 17.2. The van der Waals surface area contributed by atoms with Gasteiger partial charge in [-0.3, -0.25) is 9.78 Å². The molecule has 4 nitrogen and oxygen atoms in total. The third kappa shape index (κ3) is 3.30. The molecule has 25 heavy (non-hydrogen) atoms. The van der Waals surface area contributed by atoms with Gasteiger partial charge in [0.15, 0.2) is 0 Å². The molecule has 1 aromatic carbocycles. The smallest absolute Gasteiger partial charge is 0.261 e. The number of aromatic nitrogens is 1. The number of nitrogens with one attached hydrogen (secondary N) is 1. The summed E-state index contributed by atoms with van der Waals surface area (Å²) < 4.78 is 5.70. The van der Waals surface area contributed by atoms with Gasteiger partial charge in [-0.15, -0.1) is 11.3 Å². The van der Waals surface area contributed by atoms with Gasteiger partial charge < -0.3 is 10.1 Å². The monoisotopic (exact) mass is 352 g/mol. The summed E-state index contributed by atoms with van der Waals surface area (Å²) in [5.74, 6) is -0.0328. The molecule has 3 heterocycles. The fourth-order valence-electron chi connectivity index (χ4n) is 3.26. The van der Waals surface area contributed by atoms with Gasteiger partial charge in [0.25, 0.3) is 5.91 Å². The Balaban J connectivity index is 1.50. The predicted molar refractivity (Wildman–Crippen MR) is 99.9 cm³/mol. The number of ether oxygens (including phenoxy) is 1. The van der Waals surface area contributed by atoms with Crippen LogP contribution in [-0.2, 0) is 11.3 Å². The van der Waals surface area contributed by atoms with Crippen molar-refractivity contribution in [2.75, 3.05) is 6.61 Å². The second-order valence-electron chi connectivity index (χ2n) is 6.32. The van der Waals surface area contributed by atoms with Crippen molar-refractivity contribution < 1.29 is 9.53 Å². The highest BCUT2D eigenvalue weighted by Gasteiger charge is 2.21. The van der Waals surface area contributed by atoms with Crippen LogP contribution in [-0.4, -0.2) is 17.5 Å². The van der Waals surface area contributed by atoms with Crippen LogP contribution in [0, 0.1) is 6.92 Å². The molecule has 1 fully saturated rings. The van der Waals surface area contributed by atoms with Gasteiger partial charge in [0.2, 0.25) is 0 Å². The molecule has 128 valence electrons. The van der Waals surface area contributed by atoms with E-state index in [2.05, 4.69) is 29.4 Å². The fraction of sp³-hybridized carbons (Fsp3) is 0.300. The van der Waals surface area contributed by atoms with E-state index in [9.17, 15) is 4.79 Å². The standard InChI is InChI=1S/C20H20N2O2S/c1-13-6-7-16-14(4-2-10-21-16)15(13)12-22-20(23)19-9-8-18(25-19)17-5-3-11-24-17/h2,4,6-10,17H,3,5,11-12H2,1H3,(H,22,23)/t17-/m0/s1. The maximum Gasteiger partial charge on any atom is 0.261 e. The lowest BCUT2D eigenvalue weighted by Gasteiger charge is -2.11. The minimum Gasteiger partial charge on any atom is -0.373 e. The predicted octanol–water partition coefficient (Wildman–Crippen LogP) is 4.39. The number of aryl methyl sites for hydroxylation is 1. The van der Waals surface area contributed by atoms with Gasteiger partial charge in [0.05, 0.1) is 16.5 Å².